The summed E-state index contributed by atoms with van der Waals surface area (Å²) in [4.78, 5) is 18.4. The Morgan fingerprint density at radius 2 is 2.22 bits per heavy atom. The van der Waals surface area contributed by atoms with Crippen LogP contribution in [0.15, 0.2) is 47.3 Å². The number of piperidine rings is 1. The summed E-state index contributed by atoms with van der Waals surface area (Å²) in [7, 11) is 0. The van der Waals surface area contributed by atoms with Gasteiger partial charge in [-0.2, -0.15) is 0 Å². The van der Waals surface area contributed by atoms with Crippen molar-refractivity contribution in [3.05, 3.63) is 54.2 Å². The van der Waals surface area contributed by atoms with Gasteiger partial charge in [0.25, 0.3) is 5.91 Å². The molecule has 3 heterocycles. The minimum absolute atomic E-state index is 0.126. The van der Waals surface area contributed by atoms with Crippen molar-refractivity contribution >= 4 is 5.91 Å². The molecule has 2 aromatic rings. The molecule has 1 saturated heterocycles. The number of furan rings is 1. The zero-order chi connectivity index (χ0) is 15.9. The number of nitrogens with one attached hydrogen (secondary N) is 1. The Hall–Kier alpha value is -2.14. The molecule has 1 aliphatic rings. The predicted molar refractivity (Wildman–Crippen MR) is 87.9 cm³/mol. The molecule has 0 saturated carbocycles. The number of pyridine rings is 1. The lowest BCUT2D eigenvalue weighted by Crippen LogP contribution is -2.36. The third-order valence-corrected chi connectivity index (χ3v) is 4.34. The van der Waals surface area contributed by atoms with E-state index in [9.17, 15) is 4.79 Å². The van der Waals surface area contributed by atoms with Crippen LogP contribution < -0.4 is 5.32 Å². The average molecular weight is 313 g/mol. The molecule has 0 radical (unpaired) electrons. The molecular formula is C18H23N3O2. The summed E-state index contributed by atoms with van der Waals surface area (Å²) in [6.45, 7) is 3.93. The summed E-state index contributed by atoms with van der Waals surface area (Å²) < 4.78 is 5.10. The third kappa shape index (κ3) is 4.66. The van der Waals surface area contributed by atoms with Crippen molar-refractivity contribution in [1.29, 1.82) is 0 Å². The van der Waals surface area contributed by atoms with Gasteiger partial charge in [0.15, 0.2) is 5.76 Å². The number of nitrogens with zero attached hydrogens (tertiary/aromatic N) is 2. The van der Waals surface area contributed by atoms with Crippen molar-refractivity contribution in [2.45, 2.75) is 25.8 Å². The van der Waals surface area contributed by atoms with E-state index in [-0.39, 0.29) is 5.91 Å². The van der Waals surface area contributed by atoms with Crippen LogP contribution in [-0.4, -0.2) is 35.4 Å². The van der Waals surface area contributed by atoms with E-state index in [0.717, 1.165) is 26.1 Å². The SMILES string of the molecule is O=C(NCCC1CCCN(Cc2ccncc2)C1)c1ccco1. The third-order valence-electron chi connectivity index (χ3n) is 4.34. The molecule has 5 heteroatoms. The minimum Gasteiger partial charge on any atom is -0.459 e. The van der Waals surface area contributed by atoms with Crippen LogP contribution >= 0.6 is 0 Å². The zero-order valence-corrected chi connectivity index (χ0v) is 13.3. The molecule has 1 atom stereocenters. The van der Waals surface area contributed by atoms with Gasteiger partial charge in [-0.05, 0) is 61.6 Å². The molecule has 5 nitrogen and oxygen atoms in total. The summed E-state index contributed by atoms with van der Waals surface area (Å²) in [6.07, 6.45) is 8.69. The molecule has 1 amide bonds. The maximum atomic E-state index is 11.8. The second kappa shape index (κ2) is 7.92. The molecule has 122 valence electrons. The fourth-order valence-electron chi connectivity index (χ4n) is 3.16. The van der Waals surface area contributed by atoms with Crippen LogP contribution in [0, 0.1) is 5.92 Å². The lowest BCUT2D eigenvalue weighted by molar-refractivity contribution is 0.0918. The predicted octanol–water partition coefficient (Wildman–Crippen LogP) is 2.71. The summed E-state index contributed by atoms with van der Waals surface area (Å²) in [5.41, 5.74) is 1.31. The van der Waals surface area contributed by atoms with E-state index in [1.165, 1.54) is 24.7 Å². The van der Waals surface area contributed by atoms with E-state index in [0.29, 0.717) is 18.2 Å². The molecule has 1 fully saturated rings. The van der Waals surface area contributed by atoms with Gasteiger partial charge in [-0.1, -0.05) is 0 Å². The first kappa shape index (κ1) is 15.7. The van der Waals surface area contributed by atoms with E-state index in [2.05, 4.69) is 27.3 Å². The number of amides is 1. The molecule has 3 rings (SSSR count). The quantitative estimate of drug-likeness (QED) is 0.891. The fraction of sp³-hybridized carbons (Fsp3) is 0.444. The Kier molecular flexibility index (Phi) is 5.42. The molecule has 0 aliphatic carbocycles. The van der Waals surface area contributed by atoms with E-state index in [1.807, 2.05) is 12.4 Å². The zero-order valence-electron chi connectivity index (χ0n) is 13.3. The standard InChI is InChI=1S/C18H23N3O2/c22-18(17-4-2-12-23-17)20-10-7-15-3-1-11-21(13-15)14-16-5-8-19-9-6-16/h2,4-6,8-9,12,15H,1,3,7,10-11,13-14H2,(H,20,22). The van der Waals surface area contributed by atoms with Gasteiger partial charge >= 0.3 is 0 Å². The first-order valence-electron chi connectivity index (χ1n) is 8.24. The van der Waals surface area contributed by atoms with Gasteiger partial charge in [0.1, 0.15) is 0 Å². The molecule has 0 aromatic carbocycles. The van der Waals surface area contributed by atoms with Crippen LogP contribution in [0.25, 0.3) is 0 Å². The van der Waals surface area contributed by atoms with Crippen molar-refractivity contribution < 1.29 is 9.21 Å². The number of hydrogen-bond donors (Lipinski definition) is 1. The topological polar surface area (TPSA) is 58.4 Å². The van der Waals surface area contributed by atoms with Gasteiger partial charge < -0.3 is 9.73 Å². The summed E-state index contributed by atoms with van der Waals surface area (Å²) in [5.74, 6) is 0.898. The van der Waals surface area contributed by atoms with Crippen molar-refractivity contribution in [3.8, 4) is 0 Å². The Morgan fingerprint density at radius 1 is 1.35 bits per heavy atom. The fourth-order valence-corrected chi connectivity index (χ4v) is 3.16. The van der Waals surface area contributed by atoms with E-state index in [4.69, 9.17) is 4.42 Å². The van der Waals surface area contributed by atoms with Crippen LogP contribution in [0.4, 0.5) is 0 Å². The number of likely N-dealkylation sites (tertiary alicyclic amines) is 1. The maximum Gasteiger partial charge on any atom is 0.286 e. The van der Waals surface area contributed by atoms with Crippen LogP contribution in [0.2, 0.25) is 0 Å². The molecule has 1 unspecified atom stereocenters. The van der Waals surface area contributed by atoms with E-state index < -0.39 is 0 Å². The average Bonchev–Trinajstić information content (AvgIpc) is 3.11. The first-order valence-corrected chi connectivity index (χ1v) is 8.24. The number of carbonyl (C=O) groups excluding carboxylic acids is 1. The van der Waals surface area contributed by atoms with Crippen LogP contribution in [0.1, 0.15) is 35.4 Å². The lowest BCUT2D eigenvalue weighted by atomic mass is 9.94. The van der Waals surface area contributed by atoms with Crippen LogP contribution in [-0.2, 0) is 6.54 Å². The molecule has 0 spiro atoms. The van der Waals surface area contributed by atoms with Crippen LogP contribution in [0.5, 0.6) is 0 Å². The van der Waals surface area contributed by atoms with Crippen molar-refractivity contribution in [2.75, 3.05) is 19.6 Å². The van der Waals surface area contributed by atoms with Crippen molar-refractivity contribution in [3.63, 3.8) is 0 Å². The number of aromatic nitrogens is 1. The Bertz CT molecular complexity index is 598. The molecule has 1 aliphatic heterocycles. The van der Waals surface area contributed by atoms with Gasteiger partial charge in [0.05, 0.1) is 6.26 Å². The number of rotatable bonds is 6. The minimum atomic E-state index is -0.126. The number of hydrogen-bond acceptors (Lipinski definition) is 4. The van der Waals surface area contributed by atoms with E-state index >= 15 is 0 Å². The highest BCUT2D eigenvalue weighted by molar-refractivity contribution is 5.91. The summed E-state index contributed by atoms with van der Waals surface area (Å²) in [6, 6.07) is 7.57. The molecular weight excluding hydrogens is 290 g/mol. The summed E-state index contributed by atoms with van der Waals surface area (Å²) in [5, 5.41) is 2.94. The summed E-state index contributed by atoms with van der Waals surface area (Å²) >= 11 is 0. The second-order valence-electron chi connectivity index (χ2n) is 6.12. The molecule has 2 aromatic heterocycles. The lowest BCUT2D eigenvalue weighted by Gasteiger charge is -2.32. The normalized spacial score (nSPS) is 18.7. The monoisotopic (exact) mass is 313 g/mol. The Morgan fingerprint density at radius 3 is 3.00 bits per heavy atom. The van der Waals surface area contributed by atoms with Crippen molar-refractivity contribution in [1.82, 2.24) is 15.2 Å². The second-order valence-corrected chi connectivity index (χ2v) is 6.12. The first-order chi connectivity index (χ1) is 11.3. The molecule has 0 bridgehead atoms. The number of carbonyl (C=O) groups is 1. The molecule has 23 heavy (non-hydrogen) atoms. The maximum absolute atomic E-state index is 11.8. The van der Waals surface area contributed by atoms with Crippen LogP contribution in [0.3, 0.4) is 0 Å². The van der Waals surface area contributed by atoms with Gasteiger partial charge in [0, 0.05) is 32.0 Å². The van der Waals surface area contributed by atoms with Gasteiger partial charge in [-0.25, -0.2) is 0 Å². The highest BCUT2D eigenvalue weighted by Crippen LogP contribution is 2.20. The highest BCUT2D eigenvalue weighted by Gasteiger charge is 2.20. The van der Waals surface area contributed by atoms with E-state index in [1.54, 1.807) is 12.1 Å². The Balaban J connectivity index is 1.41. The van der Waals surface area contributed by atoms with Gasteiger partial charge in [-0.15, -0.1) is 0 Å². The smallest absolute Gasteiger partial charge is 0.286 e. The Labute approximate surface area is 136 Å². The molecule has 1 N–H and O–H groups in total. The van der Waals surface area contributed by atoms with Gasteiger partial charge in [-0.3, -0.25) is 14.7 Å². The van der Waals surface area contributed by atoms with Gasteiger partial charge in [0.2, 0.25) is 0 Å². The van der Waals surface area contributed by atoms with Crippen molar-refractivity contribution in [2.24, 2.45) is 5.92 Å². The largest absolute Gasteiger partial charge is 0.459 e. The highest BCUT2D eigenvalue weighted by atomic mass is 16.3.